The highest BCUT2D eigenvalue weighted by atomic mass is 16.5. The largest absolute Gasteiger partial charge is 0.439 e. The first-order valence-electron chi connectivity index (χ1n) is 9.16. The SMILES string of the molecule is Cn1cc(CC(=O)NCc2cccc(Oc3ccccn3)c2)c2ccccc21. The van der Waals surface area contributed by atoms with E-state index in [1.54, 1.807) is 12.3 Å². The summed E-state index contributed by atoms with van der Waals surface area (Å²) in [6.45, 7) is 0.447. The van der Waals surface area contributed by atoms with Gasteiger partial charge in [-0.25, -0.2) is 4.98 Å². The highest BCUT2D eigenvalue weighted by molar-refractivity contribution is 5.89. The number of rotatable bonds is 6. The van der Waals surface area contributed by atoms with Gasteiger partial charge in [0.1, 0.15) is 5.75 Å². The first-order chi connectivity index (χ1) is 13.7. The predicted octanol–water partition coefficient (Wildman–Crippen LogP) is 4.22. The lowest BCUT2D eigenvalue weighted by atomic mass is 10.1. The third kappa shape index (κ3) is 4.04. The summed E-state index contributed by atoms with van der Waals surface area (Å²) in [5.74, 6) is 1.23. The van der Waals surface area contributed by atoms with Crippen LogP contribution in [0.2, 0.25) is 0 Å². The number of aromatic nitrogens is 2. The highest BCUT2D eigenvalue weighted by Crippen LogP contribution is 2.21. The maximum absolute atomic E-state index is 12.5. The molecule has 1 N–H and O–H groups in total. The summed E-state index contributed by atoms with van der Waals surface area (Å²) in [5.41, 5.74) is 3.13. The minimum absolute atomic E-state index is 0.00704. The van der Waals surface area contributed by atoms with E-state index < -0.39 is 0 Å². The van der Waals surface area contributed by atoms with Crippen molar-refractivity contribution >= 4 is 16.8 Å². The monoisotopic (exact) mass is 371 g/mol. The molecule has 4 aromatic rings. The van der Waals surface area contributed by atoms with Gasteiger partial charge >= 0.3 is 0 Å². The number of fused-ring (bicyclic) bond motifs is 1. The van der Waals surface area contributed by atoms with E-state index in [0.717, 1.165) is 22.0 Å². The second-order valence-corrected chi connectivity index (χ2v) is 6.65. The van der Waals surface area contributed by atoms with Crippen molar-refractivity contribution in [3.8, 4) is 11.6 Å². The van der Waals surface area contributed by atoms with Gasteiger partial charge in [0.25, 0.3) is 0 Å². The number of hydrogen-bond acceptors (Lipinski definition) is 3. The van der Waals surface area contributed by atoms with Gasteiger partial charge < -0.3 is 14.6 Å². The summed E-state index contributed by atoms with van der Waals surface area (Å²) in [6, 6.07) is 21.3. The molecule has 0 unspecified atom stereocenters. The first kappa shape index (κ1) is 17.8. The highest BCUT2D eigenvalue weighted by Gasteiger charge is 2.10. The minimum atomic E-state index is -0.00704. The van der Waals surface area contributed by atoms with E-state index in [0.29, 0.717) is 24.6 Å². The molecule has 140 valence electrons. The lowest BCUT2D eigenvalue weighted by Crippen LogP contribution is -2.24. The van der Waals surface area contributed by atoms with Crippen LogP contribution in [-0.4, -0.2) is 15.5 Å². The zero-order chi connectivity index (χ0) is 19.3. The molecule has 0 aliphatic carbocycles. The van der Waals surface area contributed by atoms with Gasteiger partial charge in [-0.2, -0.15) is 0 Å². The van der Waals surface area contributed by atoms with Crippen LogP contribution in [0, 0.1) is 0 Å². The molecule has 0 bridgehead atoms. The van der Waals surface area contributed by atoms with Crippen molar-refractivity contribution < 1.29 is 9.53 Å². The molecule has 2 aromatic carbocycles. The van der Waals surface area contributed by atoms with Crippen molar-refractivity contribution in [3.05, 3.63) is 90.3 Å². The number of nitrogens with one attached hydrogen (secondary N) is 1. The van der Waals surface area contributed by atoms with Crippen LogP contribution in [0.4, 0.5) is 0 Å². The van der Waals surface area contributed by atoms with Crippen molar-refractivity contribution in [3.63, 3.8) is 0 Å². The summed E-state index contributed by atoms with van der Waals surface area (Å²) in [5, 5.41) is 4.11. The number of amides is 1. The van der Waals surface area contributed by atoms with Crippen molar-refractivity contribution in [2.45, 2.75) is 13.0 Å². The fraction of sp³-hybridized carbons (Fsp3) is 0.130. The van der Waals surface area contributed by atoms with Gasteiger partial charge in [-0.1, -0.05) is 36.4 Å². The lowest BCUT2D eigenvalue weighted by molar-refractivity contribution is -0.120. The topological polar surface area (TPSA) is 56.2 Å². The Hall–Kier alpha value is -3.60. The van der Waals surface area contributed by atoms with E-state index in [1.807, 2.05) is 61.8 Å². The van der Waals surface area contributed by atoms with Crippen LogP contribution in [0.15, 0.2) is 79.1 Å². The summed E-state index contributed by atoms with van der Waals surface area (Å²) in [7, 11) is 2.00. The van der Waals surface area contributed by atoms with Gasteiger partial charge in [0.2, 0.25) is 11.8 Å². The normalized spacial score (nSPS) is 10.8. The molecule has 2 heterocycles. The average molecular weight is 371 g/mol. The number of para-hydroxylation sites is 1. The summed E-state index contributed by atoms with van der Waals surface area (Å²) < 4.78 is 7.80. The van der Waals surface area contributed by atoms with Crippen molar-refractivity contribution in [1.29, 1.82) is 0 Å². The average Bonchev–Trinajstić information content (AvgIpc) is 3.03. The number of pyridine rings is 1. The second kappa shape index (κ2) is 7.96. The smallest absolute Gasteiger partial charge is 0.224 e. The third-order valence-corrected chi connectivity index (χ3v) is 4.58. The Labute approximate surface area is 163 Å². The van der Waals surface area contributed by atoms with E-state index in [9.17, 15) is 4.79 Å². The number of benzene rings is 2. The standard InChI is InChI=1S/C23H21N3O2/c1-26-16-18(20-9-2-3-10-21(20)26)14-22(27)25-15-17-7-6-8-19(13-17)28-23-11-4-5-12-24-23/h2-13,16H,14-15H2,1H3,(H,25,27). The molecule has 0 fully saturated rings. The number of ether oxygens (including phenoxy) is 1. The Morgan fingerprint density at radius 1 is 1.07 bits per heavy atom. The molecule has 5 heteroatoms. The maximum atomic E-state index is 12.5. The zero-order valence-electron chi connectivity index (χ0n) is 15.6. The van der Waals surface area contributed by atoms with E-state index >= 15 is 0 Å². The van der Waals surface area contributed by atoms with Crippen LogP contribution in [0.3, 0.4) is 0 Å². The minimum Gasteiger partial charge on any atom is -0.439 e. The fourth-order valence-electron chi connectivity index (χ4n) is 3.25. The van der Waals surface area contributed by atoms with Crippen molar-refractivity contribution in [2.24, 2.45) is 7.05 Å². The zero-order valence-corrected chi connectivity index (χ0v) is 15.6. The lowest BCUT2D eigenvalue weighted by Gasteiger charge is -2.08. The Morgan fingerprint density at radius 3 is 2.79 bits per heavy atom. The number of nitrogens with zero attached hydrogens (tertiary/aromatic N) is 2. The van der Waals surface area contributed by atoms with Gasteiger partial charge in [-0.15, -0.1) is 0 Å². The molecule has 0 saturated heterocycles. The Balaban J connectivity index is 1.39. The quantitative estimate of drug-likeness (QED) is 0.552. The van der Waals surface area contributed by atoms with E-state index in [1.165, 1.54) is 0 Å². The van der Waals surface area contributed by atoms with Gasteiger partial charge in [0.05, 0.1) is 6.42 Å². The van der Waals surface area contributed by atoms with E-state index in [-0.39, 0.29) is 5.91 Å². The van der Waals surface area contributed by atoms with Crippen molar-refractivity contribution in [2.75, 3.05) is 0 Å². The second-order valence-electron chi connectivity index (χ2n) is 6.65. The van der Waals surface area contributed by atoms with Crippen LogP contribution in [-0.2, 0) is 24.8 Å². The number of carbonyl (C=O) groups is 1. The van der Waals surface area contributed by atoms with Crippen LogP contribution in [0.25, 0.3) is 10.9 Å². The molecule has 0 atom stereocenters. The van der Waals surface area contributed by atoms with Gasteiger partial charge in [-0.05, 0) is 35.4 Å². The molecule has 28 heavy (non-hydrogen) atoms. The third-order valence-electron chi connectivity index (χ3n) is 4.58. The molecule has 0 spiro atoms. The Morgan fingerprint density at radius 2 is 1.93 bits per heavy atom. The molecule has 5 nitrogen and oxygen atoms in total. The number of hydrogen-bond donors (Lipinski definition) is 1. The van der Waals surface area contributed by atoms with E-state index in [4.69, 9.17) is 4.74 Å². The molecule has 0 radical (unpaired) electrons. The molecular formula is C23H21N3O2. The number of aryl methyl sites for hydroxylation is 1. The molecule has 4 rings (SSSR count). The molecule has 2 aromatic heterocycles. The Bertz CT molecular complexity index is 1100. The molecule has 0 aliphatic rings. The van der Waals surface area contributed by atoms with Gasteiger partial charge in [0.15, 0.2) is 0 Å². The van der Waals surface area contributed by atoms with Crippen LogP contribution >= 0.6 is 0 Å². The van der Waals surface area contributed by atoms with Crippen LogP contribution in [0.5, 0.6) is 11.6 Å². The fourth-order valence-corrected chi connectivity index (χ4v) is 3.25. The number of carbonyl (C=O) groups excluding carboxylic acids is 1. The summed E-state index contributed by atoms with van der Waals surface area (Å²) in [4.78, 5) is 16.6. The predicted molar refractivity (Wildman–Crippen MR) is 109 cm³/mol. The first-order valence-corrected chi connectivity index (χ1v) is 9.16. The van der Waals surface area contributed by atoms with E-state index in [2.05, 4.69) is 27.0 Å². The Kier molecular flexibility index (Phi) is 5.06. The molecular weight excluding hydrogens is 350 g/mol. The van der Waals surface area contributed by atoms with Gasteiger partial charge in [0, 0.05) is 43.0 Å². The van der Waals surface area contributed by atoms with Crippen LogP contribution in [0.1, 0.15) is 11.1 Å². The summed E-state index contributed by atoms with van der Waals surface area (Å²) >= 11 is 0. The molecule has 1 amide bonds. The molecule has 0 saturated carbocycles. The molecule has 0 aliphatic heterocycles. The summed E-state index contributed by atoms with van der Waals surface area (Å²) in [6.07, 6.45) is 4.06. The maximum Gasteiger partial charge on any atom is 0.224 e. The van der Waals surface area contributed by atoms with Crippen LogP contribution < -0.4 is 10.1 Å². The van der Waals surface area contributed by atoms with Crippen molar-refractivity contribution in [1.82, 2.24) is 14.9 Å². The van der Waals surface area contributed by atoms with Gasteiger partial charge in [-0.3, -0.25) is 4.79 Å².